The van der Waals surface area contributed by atoms with Crippen LogP contribution in [0.2, 0.25) is 0 Å². The zero-order chi connectivity index (χ0) is 12.3. The summed E-state index contributed by atoms with van der Waals surface area (Å²) in [5, 5.41) is 7.60. The molecule has 0 radical (unpaired) electrons. The van der Waals surface area contributed by atoms with Crippen LogP contribution in [0.25, 0.3) is 0 Å². The summed E-state index contributed by atoms with van der Waals surface area (Å²) in [5.41, 5.74) is 0. The van der Waals surface area contributed by atoms with Gasteiger partial charge < -0.3 is 14.6 Å². The molecule has 0 aromatic heterocycles. The number of hydrogen-bond acceptors (Lipinski definition) is 5. The third-order valence-corrected chi connectivity index (χ3v) is 0.892. The molecule has 86 valence electrons. The van der Waals surface area contributed by atoms with Gasteiger partial charge in [-0.3, -0.25) is 0 Å². The van der Waals surface area contributed by atoms with Crippen molar-refractivity contribution in [2.75, 3.05) is 13.2 Å². The van der Waals surface area contributed by atoms with Crippen LogP contribution < -0.4 is 0 Å². The minimum Gasteiger partial charge on any atom is -0.478 e. The van der Waals surface area contributed by atoms with Crippen molar-refractivity contribution < 1.29 is 29.0 Å². The van der Waals surface area contributed by atoms with Gasteiger partial charge in [0.15, 0.2) is 0 Å². The van der Waals surface area contributed by atoms with E-state index >= 15 is 0 Å². The Morgan fingerprint density at radius 2 is 1.40 bits per heavy atom. The van der Waals surface area contributed by atoms with Crippen LogP contribution in [0.4, 0.5) is 0 Å². The predicted molar refractivity (Wildman–Crippen MR) is 51.1 cm³/mol. The van der Waals surface area contributed by atoms with Gasteiger partial charge in [0.1, 0.15) is 0 Å². The van der Waals surface area contributed by atoms with Gasteiger partial charge in [0.2, 0.25) is 0 Å². The van der Waals surface area contributed by atoms with Crippen molar-refractivity contribution in [1.82, 2.24) is 0 Å². The van der Waals surface area contributed by atoms with E-state index in [0.717, 1.165) is 6.08 Å². The molecule has 0 aromatic rings. The summed E-state index contributed by atoms with van der Waals surface area (Å²) in [7, 11) is 0. The first-order chi connectivity index (χ1) is 6.99. The molecule has 0 aromatic carbocycles. The molecule has 0 aliphatic heterocycles. The van der Waals surface area contributed by atoms with E-state index in [4.69, 9.17) is 5.11 Å². The number of esters is 2. The van der Waals surface area contributed by atoms with Crippen LogP contribution in [0.3, 0.4) is 0 Å². The number of aliphatic carboxylic acids is 1. The van der Waals surface area contributed by atoms with Gasteiger partial charge in [-0.1, -0.05) is 6.58 Å². The molecule has 6 heteroatoms. The molecular formula is C9H14O6. The number of rotatable bonds is 3. The Kier molecular flexibility index (Phi) is 10.7. The SMILES string of the molecule is C=CC(=O)O.CCOC(=O)C(=O)OCC. The number of hydrogen-bond donors (Lipinski definition) is 1. The number of ether oxygens (including phenoxy) is 2. The van der Waals surface area contributed by atoms with E-state index in [1.165, 1.54) is 0 Å². The Morgan fingerprint density at radius 3 is 1.53 bits per heavy atom. The second-order valence-corrected chi connectivity index (χ2v) is 1.98. The molecule has 0 rings (SSSR count). The Balaban J connectivity index is 0. The van der Waals surface area contributed by atoms with Crippen molar-refractivity contribution in [2.24, 2.45) is 0 Å². The fraction of sp³-hybridized carbons (Fsp3) is 0.444. The van der Waals surface area contributed by atoms with Crippen molar-refractivity contribution in [3.63, 3.8) is 0 Å². The summed E-state index contributed by atoms with van der Waals surface area (Å²) in [4.78, 5) is 30.1. The first-order valence-corrected chi connectivity index (χ1v) is 4.18. The molecule has 0 aliphatic carbocycles. The molecule has 0 heterocycles. The minimum atomic E-state index is -0.981. The van der Waals surface area contributed by atoms with Crippen LogP contribution in [-0.4, -0.2) is 36.2 Å². The summed E-state index contributed by atoms with van der Waals surface area (Å²) in [6, 6.07) is 0. The topological polar surface area (TPSA) is 89.9 Å². The van der Waals surface area contributed by atoms with Gasteiger partial charge in [-0.15, -0.1) is 0 Å². The van der Waals surface area contributed by atoms with Gasteiger partial charge in [0.25, 0.3) is 0 Å². The maximum atomic E-state index is 10.4. The number of carbonyl (C=O) groups excluding carboxylic acids is 2. The van der Waals surface area contributed by atoms with Crippen LogP contribution in [0.5, 0.6) is 0 Å². The van der Waals surface area contributed by atoms with Gasteiger partial charge in [0.05, 0.1) is 13.2 Å². The van der Waals surface area contributed by atoms with Crippen molar-refractivity contribution in [3.05, 3.63) is 12.7 Å². The van der Waals surface area contributed by atoms with Crippen LogP contribution >= 0.6 is 0 Å². The first-order valence-electron chi connectivity index (χ1n) is 4.18. The van der Waals surface area contributed by atoms with E-state index in [1.54, 1.807) is 13.8 Å². The number of carbonyl (C=O) groups is 3. The predicted octanol–water partition coefficient (Wildman–Crippen LogP) is 0.370. The Hall–Kier alpha value is -1.85. The third-order valence-electron chi connectivity index (χ3n) is 0.892. The van der Waals surface area contributed by atoms with Crippen molar-refractivity contribution >= 4 is 17.9 Å². The Bertz CT molecular complexity index is 217. The average Bonchev–Trinajstić information content (AvgIpc) is 2.19. The lowest BCUT2D eigenvalue weighted by atomic mass is 10.7. The highest BCUT2D eigenvalue weighted by Crippen LogP contribution is 1.82. The zero-order valence-electron chi connectivity index (χ0n) is 8.69. The van der Waals surface area contributed by atoms with Gasteiger partial charge in [0, 0.05) is 6.08 Å². The first kappa shape index (κ1) is 15.6. The summed E-state index contributed by atoms with van der Waals surface area (Å²) in [6.45, 7) is 6.59. The van der Waals surface area contributed by atoms with E-state index in [1.807, 2.05) is 0 Å². The standard InChI is InChI=1S/C6H10O4.C3H4O2/c1-3-9-5(7)6(8)10-4-2;1-2-3(4)5/h3-4H2,1-2H3;2H,1H2,(H,4,5). The fourth-order valence-corrected chi connectivity index (χ4v) is 0.380. The van der Waals surface area contributed by atoms with Crippen LogP contribution in [-0.2, 0) is 23.9 Å². The highest BCUT2D eigenvalue weighted by atomic mass is 16.6. The molecule has 0 spiro atoms. The molecule has 0 saturated carbocycles. The maximum absolute atomic E-state index is 10.4. The largest absolute Gasteiger partial charge is 0.478 e. The quantitative estimate of drug-likeness (QED) is 0.418. The van der Waals surface area contributed by atoms with Crippen LogP contribution in [0.1, 0.15) is 13.8 Å². The third kappa shape index (κ3) is 12.1. The van der Waals surface area contributed by atoms with E-state index in [-0.39, 0.29) is 13.2 Å². The average molecular weight is 218 g/mol. The van der Waals surface area contributed by atoms with Crippen molar-refractivity contribution in [2.45, 2.75) is 13.8 Å². The maximum Gasteiger partial charge on any atom is 0.417 e. The molecule has 6 nitrogen and oxygen atoms in total. The fourth-order valence-electron chi connectivity index (χ4n) is 0.380. The van der Waals surface area contributed by atoms with Crippen LogP contribution in [0, 0.1) is 0 Å². The molecule has 0 atom stereocenters. The lowest BCUT2D eigenvalue weighted by molar-refractivity contribution is -0.167. The Morgan fingerprint density at radius 1 is 1.13 bits per heavy atom. The van der Waals surface area contributed by atoms with Gasteiger partial charge >= 0.3 is 17.9 Å². The molecule has 15 heavy (non-hydrogen) atoms. The molecule has 0 amide bonds. The lowest BCUT2D eigenvalue weighted by Gasteiger charge is -1.99. The van der Waals surface area contributed by atoms with E-state index in [9.17, 15) is 14.4 Å². The van der Waals surface area contributed by atoms with E-state index in [2.05, 4.69) is 16.1 Å². The van der Waals surface area contributed by atoms with Crippen molar-refractivity contribution in [3.8, 4) is 0 Å². The second-order valence-electron chi connectivity index (χ2n) is 1.98. The number of carboxylic acid groups (broad SMARTS) is 1. The van der Waals surface area contributed by atoms with E-state index < -0.39 is 17.9 Å². The van der Waals surface area contributed by atoms with E-state index in [0.29, 0.717) is 0 Å². The van der Waals surface area contributed by atoms with Crippen molar-refractivity contribution in [1.29, 1.82) is 0 Å². The molecule has 0 bridgehead atoms. The summed E-state index contributed by atoms with van der Waals surface area (Å²) in [5.74, 6) is -2.83. The number of carboxylic acids is 1. The van der Waals surface area contributed by atoms with Crippen LogP contribution in [0.15, 0.2) is 12.7 Å². The smallest absolute Gasteiger partial charge is 0.417 e. The summed E-state index contributed by atoms with van der Waals surface area (Å²) < 4.78 is 8.69. The highest BCUT2D eigenvalue weighted by molar-refractivity contribution is 6.29. The molecule has 0 unspecified atom stereocenters. The molecule has 1 N–H and O–H groups in total. The highest BCUT2D eigenvalue weighted by Gasteiger charge is 2.14. The summed E-state index contributed by atoms with van der Waals surface area (Å²) >= 11 is 0. The molecule has 0 fully saturated rings. The van der Waals surface area contributed by atoms with Gasteiger partial charge in [-0.2, -0.15) is 0 Å². The van der Waals surface area contributed by atoms with Gasteiger partial charge in [-0.05, 0) is 13.8 Å². The molecule has 0 saturated heterocycles. The second kappa shape index (κ2) is 10.2. The molecule has 0 aliphatic rings. The Labute approximate surface area is 87.5 Å². The molecular weight excluding hydrogens is 204 g/mol. The zero-order valence-corrected chi connectivity index (χ0v) is 8.69. The lowest BCUT2D eigenvalue weighted by Crippen LogP contribution is -2.19. The van der Waals surface area contributed by atoms with Gasteiger partial charge in [-0.25, -0.2) is 14.4 Å². The monoisotopic (exact) mass is 218 g/mol. The normalized spacial score (nSPS) is 7.87. The minimum absolute atomic E-state index is 0.192. The summed E-state index contributed by atoms with van der Waals surface area (Å²) in [6.07, 6.45) is 0.833.